The van der Waals surface area contributed by atoms with Gasteiger partial charge in [-0.3, -0.25) is 10.1 Å². The number of ether oxygens (including phenoxy) is 1. The predicted molar refractivity (Wildman–Crippen MR) is 137 cm³/mol. The van der Waals surface area contributed by atoms with E-state index in [-0.39, 0.29) is 36.0 Å². The number of benzene rings is 3. The molecule has 0 spiro atoms. The maximum absolute atomic E-state index is 13.6. The van der Waals surface area contributed by atoms with Gasteiger partial charge in [0.15, 0.2) is 0 Å². The van der Waals surface area contributed by atoms with Crippen molar-refractivity contribution in [1.82, 2.24) is 21.5 Å². The van der Waals surface area contributed by atoms with Crippen LogP contribution in [0.25, 0.3) is 0 Å². The molecule has 0 bridgehead atoms. The van der Waals surface area contributed by atoms with Crippen LogP contribution in [0, 0.1) is 18.8 Å². The number of carbonyl (C=O) groups excluding carboxylic acids is 1. The normalized spacial score (nSPS) is 25.6. The van der Waals surface area contributed by atoms with Gasteiger partial charge in [-0.15, -0.1) is 0 Å². The lowest BCUT2D eigenvalue weighted by molar-refractivity contribution is -0.129. The number of carbonyl (C=O) groups is 1. The first-order valence-electron chi connectivity index (χ1n) is 12.5. The third-order valence-corrected chi connectivity index (χ3v) is 7.18. The van der Waals surface area contributed by atoms with Gasteiger partial charge in [0, 0.05) is 24.4 Å². The monoisotopic (exact) mass is 470 g/mol. The van der Waals surface area contributed by atoms with Crippen LogP contribution in [0.2, 0.25) is 0 Å². The molecule has 2 saturated heterocycles. The van der Waals surface area contributed by atoms with Gasteiger partial charge >= 0.3 is 0 Å². The molecule has 1 amide bonds. The number of hydrazine groups is 1. The molecule has 35 heavy (non-hydrogen) atoms. The van der Waals surface area contributed by atoms with Gasteiger partial charge in [0.05, 0.1) is 18.8 Å². The van der Waals surface area contributed by atoms with Crippen molar-refractivity contribution in [1.29, 1.82) is 0 Å². The Hall–Kier alpha value is -3.19. The lowest BCUT2D eigenvalue weighted by atomic mass is 9.74. The van der Waals surface area contributed by atoms with Crippen molar-refractivity contribution in [3.05, 3.63) is 101 Å². The Morgan fingerprint density at radius 2 is 1.66 bits per heavy atom. The highest BCUT2D eigenvalue weighted by molar-refractivity contribution is 5.79. The molecule has 2 aliphatic rings. The van der Waals surface area contributed by atoms with Gasteiger partial charge in [0.25, 0.3) is 0 Å². The SMILES string of the molecule is CCOc1ccc(C2CC(C(=O)NCc3ccccc3)C3C(NNC3c3ccc(C)cc3)N2)cc1. The number of aryl methyl sites for hydroxylation is 1. The van der Waals surface area contributed by atoms with Crippen LogP contribution in [-0.2, 0) is 11.3 Å². The van der Waals surface area contributed by atoms with Crippen molar-refractivity contribution >= 4 is 5.91 Å². The summed E-state index contributed by atoms with van der Waals surface area (Å²) in [5, 5.41) is 6.98. The average molecular weight is 471 g/mol. The second kappa shape index (κ2) is 10.6. The highest BCUT2D eigenvalue weighted by Gasteiger charge is 2.49. The molecular formula is C29H34N4O2. The fourth-order valence-electron chi connectivity index (χ4n) is 5.35. The molecule has 0 aromatic heterocycles. The number of amides is 1. The highest BCUT2D eigenvalue weighted by Crippen LogP contribution is 2.42. The Morgan fingerprint density at radius 3 is 2.37 bits per heavy atom. The first-order valence-corrected chi connectivity index (χ1v) is 12.5. The molecule has 2 heterocycles. The van der Waals surface area contributed by atoms with E-state index in [9.17, 15) is 4.79 Å². The van der Waals surface area contributed by atoms with Crippen LogP contribution < -0.4 is 26.2 Å². The van der Waals surface area contributed by atoms with E-state index >= 15 is 0 Å². The van der Waals surface area contributed by atoms with Gasteiger partial charge in [0.2, 0.25) is 5.91 Å². The maximum atomic E-state index is 13.6. The van der Waals surface area contributed by atoms with Crippen molar-refractivity contribution in [2.45, 2.75) is 45.1 Å². The van der Waals surface area contributed by atoms with Gasteiger partial charge in [-0.1, -0.05) is 72.3 Å². The van der Waals surface area contributed by atoms with Gasteiger partial charge in [-0.25, -0.2) is 10.9 Å². The summed E-state index contributed by atoms with van der Waals surface area (Å²) in [7, 11) is 0. The van der Waals surface area contributed by atoms with E-state index in [2.05, 4.69) is 64.8 Å². The minimum atomic E-state index is -0.157. The fraction of sp³-hybridized carbons (Fsp3) is 0.345. The second-order valence-electron chi connectivity index (χ2n) is 9.50. The molecule has 5 unspecified atom stereocenters. The van der Waals surface area contributed by atoms with Crippen LogP contribution >= 0.6 is 0 Å². The minimum Gasteiger partial charge on any atom is -0.494 e. The Kier molecular flexibility index (Phi) is 7.13. The number of piperidine rings is 1. The number of hydrogen-bond acceptors (Lipinski definition) is 5. The quantitative estimate of drug-likeness (QED) is 0.418. The number of fused-ring (bicyclic) bond motifs is 1. The lowest BCUT2D eigenvalue weighted by Gasteiger charge is -2.40. The van der Waals surface area contributed by atoms with E-state index in [1.165, 1.54) is 11.1 Å². The molecule has 182 valence electrons. The summed E-state index contributed by atoms with van der Waals surface area (Å²) in [4.78, 5) is 13.6. The number of nitrogens with one attached hydrogen (secondary N) is 4. The summed E-state index contributed by atoms with van der Waals surface area (Å²) in [6, 6.07) is 27.0. The van der Waals surface area contributed by atoms with Crippen LogP contribution in [-0.4, -0.2) is 18.7 Å². The first kappa shape index (κ1) is 23.5. The predicted octanol–water partition coefficient (Wildman–Crippen LogP) is 4.15. The molecule has 2 fully saturated rings. The molecule has 0 radical (unpaired) electrons. The number of hydrogen-bond donors (Lipinski definition) is 4. The zero-order valence-corrected chi connectivity index (χ0v) is 20.3. The third-order valence-electron chi connectivity index (χ3n) is 7.18. The Morgan fingerprint density at radius 1 is 0.943 bits per heavy atom. The van der Waals surface area contributed by atoms with Crippen LogP contribution in [0.3, 0.4) is 0 Å². The van der Waals surface area contributed by atoms with Gasteiger partial charge in [0.1, 0.15) is 5.75 Å². The molecule has 4 N–H and O–H groups in total. The zero-order valence-electron chi connectivity index (χ0n) is 20.3. The van der Waals surface area contributed by atoms with E-state index < -0.39 is 0 Å². The van der Waals surface area contributed by atoms with E-state index in [1.807, 2.05) is 49.4 Å². The Balaban J connectivity index is 1.39. The van der Waals surface area contributed by atoms with Crippen molar-refractivity contribution in [3.8, 4) is 5.75 Å². The van der Waals surface area contributed by atoms with Gasteiger partial charge < -0.3 is 10.1 Å². The molecular weight excluding hydrogens is 436 g/mol. The molecule has 2 aliphatic heterocycles. The van der Waals surface area contributed by atoms with E-state index in [4.69, 9.17) is 4.74 Å². The van der Waals surface area contributed by atoms with Gasteiger partial charge in [-0.2, -0.15) is 0 Å². The van der Waals surface area contributed by atoms with Crippen LogP contribution in [0.4, 0.5) is 0 Å². The molecule has 0 saturated carbocycles. The second-order valence-corrected chi connectivity index (χ2v) is 9.50. The van der Waals surface area contributed by atoms with Crippen LogP contribution in [0.5, 0.6) is 5.75 Å². The standard InChI is InChI=1S/C29H34N4O2/c1-3-35-23-15-13-21(14-16-23)25-17-24(29(34)30-18-20-7-5-4-6-8-20)26-27(32-33-28(26)31-25)22-11-9-19(2)10-12-22/h4-16,24-28,31-33H,3,17-18H2,1-2H3,(H,30,34). The van der Waals surface area contributed by atoms with E-state index in [1.54, 1.807) is 0 Å². The molecule has 6 heteroatoms. The fourth-order valence-corrected chi connectivity index (χ4v) is 5.35. The summed E-state index contributed by atoms with van der Waals surface area (Å²) < 4.78 is 5.62. The summed E-state index contributed by atoms with van der Waals surface area (Å²) in [6.07, 6.45) is 0.695. The highest BCUT2D eigenvalue weighted by atomic mass is 16.5. The largest absolute Gasteiger partial charge is 0.494 e. The van der Waals surface area contributed by atoms with Crippen molar-refractivity contribution in [2.75, 3.05) is 6.61 Å². The van der Waals surface area contributed by atoms with E-state index in [0.717, 1.165) is 23.3 Å². The molecule has 3 aromatic rings. The van der Waals surface area contributed by atoms with E-state index in [0.29, 0.717) is 13.2 Å². The zero-order chi connectivity index (χ0) is 24.2. The Labute approximate surface area is 207 Å². The molecule has 3 aromatic carbocycles. The van der Waals surface area contributed by atoms with Crippen molar-refractivity contribution in [2.24, 2.45) is 11.8 Å². The third kappa shape index (κ3) is 5.25. The summed E-state index contributed by atoms with van der Waals surface area (Å²) in [6.45, 7) is 5.25. The maximum Gasteiger partial charge on any atom is 0.223 e. The van der Waals surface area contributed by atoms with Gasteiger partial charge in [-0.05, 0) is 49.1 Å². The lowest BCUT2D eigenvalue weighted by Crippen LogP contribution is -2.54. The summed E-state index contributed by atoms with van der Waals surface area (Å²) >= 11 is 0. The summed E-state index contributed by atoms with van der Waals surface area (Å²) in [5.41, 5.74) is 11.6. The minimum absolute atomic E-state index is 0.0286. The number of rotatable bonds is 7. The first-order chi connectivity index (χ1) is 17.1. The Bertz CT molecular complexity index is 1120. The van der Waals surface area contributed by atoms with Crippen molar-refractivity contribution < 1.29 is 9.53 Å². The molecule has 6 nitrogen and oxygen atoms in total. The topological polar surface area (TPSA) is 74.4 Å². The summed E-state index contributed by atoms with van der Waals surface area (Å²) in [5.74, 6) is 0.883. The molecule has 5 rings (SSSR count). The average Bonchev–Trinajstić information content (AvgIpc) is 3.32. The van der Waals surface area contributed by atoms with Crippen molar-refractivity contribution in [3.63, 3.8) is 0 Å². The van der Waals surface area contributed by atoms with Crippen LogP contribution in [0.1, 0.15) is 47.7 Å². The molecule has 5 atom stereocenters. The smallest absolute Gasteiger partial charge is 0.223 e. The molecule has 0 aliphatic carbocycles. The van der Waals surface area contributed by atoms with Crippen LogP contribution in [0.15, 0.2) is 78.9 Å².